The maximum absolute atomic E-state index is 12.1. The average molecular weight is 452 g/mol. The Morgan fingerprint density at radius 2 is 1.94 bits per heavy atom. The van der Waals surface area contributed by atoms with Crippen molar-refractivity contribution in [1.82, 2.24) is 9.97 Å². The molecule has 1 aliphatic heterocycles. The molecule has 0 radical (unpaired) electrons. The second-order valence-corrected chi connectivity index (χ2v) is 8.17. The molecule has 2 N–H and O–H groups in total. The minimum Gasteiger partial charge on any atom is -0.497 e. The third-order valence-corrected chi connectivity index (χ3v) is 5.69. The first-order chi connectivity index (χ1) is 16.6. The molecule has 0 unspecified atom stereocenters. The summed E-state index contributed by atoms with van der Waals surface area (Å²) in [5.74, 6) is 1.96. The highest BCUT2D eigenvalue weighted by atomic mass is 16.5. The van der Waals surface area contributed by atoms with Gasteiger partial charge in [-0.25, -0.2) is 9.97 Å². The van der Waals surface area contributed by atoms with Crippen molar-refractivity contribution in [2.75, 3.05) is 17.7 Å². The summed E-state index contributed by atoms with van der Waals surface area (Å²) in [4.78, 5) is 26.1. The summed E-state index contributed by atoms with van der Waals surface area (Å²) < 4.78 is 5.43. The number of anilines is 3. The van der Waals surface area contributed by atoms with Crippen molar-refractivity contribution in [2.24, 2.45) is 4.99 Å². The first-order valence-electron chi connectivity index (χ1n) is 11.3. The molecule has 5 rings (SSSR count). The third kappa shape index (κ3) is 4.45. The molecule has 0 atom stereocenters. The van der Waals surface area contributed by atoms with Gasteiger partial charge in [0.25, 0.3) is 0 Å². The number of hydrogen-bond acceptors (Lipinski definition) is 6. The van der Waals surface area contributed by atoms with Crippen LogP contribution in [0.4, 0.5) is 17.2 Å². The fourth-order valence-corrected chi connectivity index (χ4v) is 3.96. The Bertz CT molecular complexity index is 1410. The number of fused-ring (bicyclic) bond motifs is 2. The van der Waals surface area contributed by atoms with Crippen molar-refractivity contribution in [3.05, 3.63) is 71.8 Å². The fraction of sp³-hybridized carbons (Fsp3) is 0.185. The molecule has 34 heavy (non-hydrogen) atoms. The molecule has 4 aromatic rings. The second kappa shape index (κ2) is 9.31. The van der Waals surface area contributed by atoms with Gasteiger partial charge >= 0.3 is 0 Å². The lowest BCUT2D eigenvalue weighted by Gasteiger charge is -2.13. The number of rotatable bonds is 7. The van der Waals surface area contributed by atoms with Gasteiger partial charge < -0.3 is 15.4 Å². The van der Waals surface area contributed by atoms with Crippen LogP contribution in [0, 0.1) is 0 Å². The summed E-state index contributed by atoms with van der Waals surface area (Å²) in [5, 5.41) is 7.26. The number of carbonyl (C=O) groups is 1. The zero-order valence-electron chi connectivity index (χ0n) is 19.1. The van der Waals surface area contributed by atoms with Gasteiger partial charge in [-0.05, 0) is 60.0 Å². The van der Waals surface area contributed by atoms with Crippen molar-refractivity contribution in [2.45, 2.75) is 26.3 Å². The molecule has 0 saturated heterocycles. The van der Waals surface area contributed by atoms with Crippen LogP contribution in [0.25, 0.3) is 22.3 Å². The van der Waals surface area contributed by atoms with Crippen molar-refractivity contribution in [3.8, 4) is 17.1 Å². The largest absolute Gasteiger partial charge is 0.497 e. The van der Waals surface area contributed by atoms with Gasteiger partial charge in [0, 0.05) is 35.0 Å². The van der Waals surface area contributed by atoms with E-state index in [-0.39, 0.29) is 5.91 Å². The molecule has 7 nitrogen and oxygen atoms in total. The Kier molecular flexibility index (Phi) is 5.91. The van der Waals surface area contributed by atoms with E-state index in [0.717, 1.165) is 52.1 Å². The van der Waals surface area contributed by atoms with E-state index in [1.165, 1.54) is 5.56 Å². The van der Waals surface area contributed by atoms with Crippen molar-refractivity contribution in [3.63, 3.8) is 0 Å². The van der Waals surface area contributed by atoms with Crippen molar-refractivity contribution >= 4 is 40.2 Å². The van der Waals surface area contributed by atoms with E-state index in [4.69, 9.17) is 14.7 Å². The number of ether oxygens (including phenoxy) is 1. The zero-order valence-corrected chi connectivity index (χ0v) is 19.1. The standard InChI is InChI=1S/C27H25N5O2/c1-3-5-25(33)29-20-7-4-6-17(12-20)26-31-24-11-10-22(34-2)14-23(24)27(32-26)30-21-9-8-18-15-28-16-19(18)13-21/h4,6-14,16H,3,5,15H2,1-2H3,(H,29,33)(H,30,31,32). The van der Waals surface area contributed by atoms with Gasteiger partial charge in [-0.1, -0.05) is 25.1 Å². The SMILES string of the molecule is CCCC(=O)Nc1cccc(-c2nc(Nc3ccc4c(c3)C=NC4)c3cc(OC)ccc3n2)c1. The summed E-state index contributed by atoms with van der Waals surface area (Å²) in [6.45, 7) is 2.70. The molecule has 170 valence electrons. The van der Waals surface area contributed by atoms with Crippen LogP contribution in [0.15, 0.2) is 65.7 Å². The van der Waals surface area contributed by atoms with Crippen molar-refractivity contribution < 1.29 is 9.53 Å². The monoisotopic (exact) mass is 451 g/mol. The van der Waals surface area contributed by atoms with Crippen LogP contribution in [-0.2, 0) is 11.3 Å². The number of hydrogen-bond donors (Lipinski definition) is 2. The summed E-state index contributed by atoms with van der Waals surface area (Å²) in [7, 11) is 1.64. The topological polar surface area (TPSA) is 88.5 Å². The lowest BCUT2D eigenvalue weighted by Crippen LogP contribution is -2.10. The number of nitrogens with zero attached hydrogens (tertiary/aromatic N) is 3. The predicted molar refractivity (Wildman–Crippen MR) is 136 cm³/mol. The Morgan fingerprint density at radius 1 is 1.03 bits per heavy atom. The van der Waals surface area contributed by atoms with E-state index in [1.54, 1.807) is 7.11 Å². The summed E-state index contributed by atoms with van der Waals surface area (Å²) in [6, 6.07) is 19.5. The van der Waals surface area contributed by atoms with Crippen LogP contribution in [-0.4, -0.2) is 29.2 Å². The van der Waals surface area contributed by atoms with Crippen LogP contribution >= 0.6 is 0 Å². The maximum atomic E-state index is 12.1. The molecule has 0 spiro atoms. The molecule has 7 heteroatoms. The number of methoxy groups -OCH3 is 1. The average Bonchev–Trinajstić information content (AvgIpc) is 3.32. The fourth-order valence-electron chi connectivity index (χ4n) is 3.96. The highest BCUT2D eigenvalue weighted by Crippen LogP contribution is 2.31. The van der Waals surface area contributed by atoms with Crippen LogP contribution in [0.2, 0.25) is 0 Å². The number of aromatic nitrogens is 2. The number of carbonyl (C=O) groups excluding carboxylic acids is 1. The Labute approximate surface area is 197 Å². The van der Waals surface area contributed by atoms with Gasteiger partial charge in [0.05, 0.1) is 19.2 Å². The Hall–Kier alpha value is -4.26. The predicted octanol–water partition coefficient (Wildman–Crippen LogP) is 5.72. The first-order valence-corrected chi connectivity index (χ1v) is 11.3. The first kappa shape index (κ1) is 21.6. The van der Waals surface area contributed by atoms with Gasteiger partial charge in [-0.2, -0.15) is 0 Å². The summed E-state index contributed by atoms with van der Waals surface area (Å²) in [6.07, 6.45) is 3.18. The molecular weight excluding hydrogens is 426 g/mol. The highest BCUT2D eigenvalue weighted by molar-refractivity contribution is 5.95. The smallest absolute Gasteiger partial charge is 0.224 e. The summed E-state index contributed by atoms with van der Waals surface area (Å²) in [5.41, 5.74) is 5.56. The molecule has 3 aromatic carbocycles. The molecule has 0 aliphatic carbocycles. The molecule has 1 aliphatic rings. The Morgan fingerprint density at radius 3 is 2.79 bits per heavy atom. The van der Waals surface area contributed by atoms with Gasteiger partial charge in [0.1, 0.15) is 11.6 Å². The third-order valence-electron chi connectivity index (χ3n) is 5.69. The minimum absolute atomic E-state index is 0.00585. The molecular formula is C27H25N5O2. The molecule has 2 heterocycles. The van der Waals surface area contributed by atoms with Gasteiger partial charge in [0.15, 0.2) is 5.82 Å². The Balaban J connectivity index is 1.56. The zero-order chi connectivity index (χ0) is 23.5. The molecule has 0 fully saturated rings. The van der Waals surface area contributed by atoms with E-state index in [0.29, 0.717) is 18.1 Å². The summed E-state index contributed by atoms with van der Waals surface area (Å²) >= 11 is 0. The number of amides is 1. The van der Waals surface area contributed by atoms with E-state index in [1.807, 2.05) is 61.7 Å². The normalized spacial score (nSPS) is 11.9. The van der Waals surface area contributed by atoms with Crippen LogP contribution in [0.5, 0.6) is 5.75 Å². The second-order valence-electron chi connectivity index (χ2n) is 8.17. The number of benzene rings is 3. The maximum Gasteiger partial charge on any atom is 0.224 e. The van der Waals surface area contributed by atoms with Crippen molar-refractivity contribution in [1.29, 1.82) is 0 Å². The number of aliphatic imine (C=N–C) groups is 1. The minimum atomic E-state index is -0.00585. The lowest BCUT2D eigenvalue weighted by molar-refractivity contribution is -0.116. The van der Waals surface area contributed by atoms with E-state index in [2.05, 4.69) is 27.8 Å². The molecule has 0 bridgehead atoms. The van der Waals surface area contributed by atoms with Gasteiger partial charge in [-0.15, -0.1) is 0 Å². The molecule has 1 amide bonds. The highest BCUT2D eigenvalue weighted by Gasteiger charge is 2.13. The van der Waals surface area contributed by atoms with E-state index in [9.17, 15) is 4.79 Å². The van der Waals surface area contributed by atoms with Gasteiger partial charge in [0.2, 0.25) is 5.91 Å². The molecule has 1 aromatic heterocycles. The lowest BCUT2D eigenvalue weighted by atomic mass is 10.1. The van der Waals surface area contributed by atoms with Crippen LogP contribution in [0.1, 0.15) is 30.9 Å². The van der Waals surface area contributed by atoms with E-state index < -0.39 is 0 Å². The quantitative estimate of drug-likeness (QED) is 0.375. The van der Waals surface area contributed by atoms with Gasteiger partial charge in [-0.3, -0.25) is 9.79 Å². The van der Waals surface area contributed by atoms with E-state index >= 15 is 0 Å². The number of nitrogens with one attached hydrogen (secondary N) is 2. The van der Waals surface area contributed by atoms with Crippen LogP contribution < -0.4 is 15.4 Å². The molecule has 0 saturated carbocycles. The van der Waals surface area contributed by atoms with Crippen LogP contribution in [0.3, 0.4) is 0 Å².